The Labute approximate surface area is 148 Å². The molecule has 1 aromatic heterocycles. The number of rotatable bonds is 5. The first-order chi connectivity index (χ1) is 12.6. The fraction of sp³-hybridized carbons (Fsp3) is 0.158. The summed E-state index contributed by atoms with van der Waals surface area (Å²) in [5.74, 6) is -0.331. The molecule has 4 rings (SSSR count). The molecule has 130 valence electrons. The van der Waals surface area contributed by atoms with Crippen molar-refractivity contribution in [3.63, 3.8) is 0 Å². The lowest BCUT2D eigenvalue weighted by Crippen LogP contribution is -2.30. The largest absolute Gasteiger partial charge is 0.421 e. The second kappa shape index (κ2) is 6.51. The van der Waals surface area contributed by atoms with Gasteiger partial charge in [-0.2, -0.15) is 0 Å². The molecule has 0 N–H and O–H groups in total. The van der Waals surface area contributed by atoms with Crippen LogP contribution in [0.15, 0.2) is 52.9 Å². The van der Waals surface area contributed by atoms with Gasteiger partial charge in [-0.25, -0.2) is 4.39 Å². The van der Waals surface area contributed by atoms with E-state index in [2.05, 4.69) is 10.2 Å². The van der Waals surface area contributed by atoms with Crippen LogP contribution in [0.25, 0.3) is 11.5 Å². The maximum Gasteiger partial charge on any atom is 0.261 e. The van der Waals surface area contributed by atoms with E-state index in [-0.39, 0.29) is 30.1 Å². The maximum atomic E-state index is 13.3. The number of hydrogen-bond acceptors (Lipinski definition) is 5. The van der Waals surface area contributed by atoms with Gasteiger partial charge in [0.1, 0.15) is 5.82 Å². The number of benzene rings is 2. The van der Waals surface area contributed by atoms with Gasteiger partial charge >= 0.3 is 0 Å². The molecule has 6 nitrogen and oxygen atoms in total. The second-order valence-electron chi connectivity index (χ2n) is 5.92. The summed E-state index contributed by atoms with van der Waals surface area (Å²) in [5, 5.41) is 7.85. The zero-order valence-electron chi connectivity index (χ0n) is 13.7. The minimum Gasteiger partial charge on any atom is -0.421 e. The highest BCUT2D eigenvalue weighted by Crippen LogP contribution is 2.23. The van der Waals surface area contributed by atoms with E-state index in [0.29, 0.717) is 35.4 Å². The third-order valence-electron chi connectivity index (χ3n) is 4.19. The topological polar surface area (TPSA) is 76.3 Å². The fourth-order valence-electron chi connectivity index (χ4n) is 2.92. The molecule has 0 unspecified atom stereocenters. The number of amides is 2. The molecule has 1 aliphatic rings. The molecule has 2 heterocycles. The highest BCUT2D eigenvalue weighted by Gasteiger charge is 2.34. The van der Waals surface area contributed by atoms with Gasteiger partial charge in [0.2, 0.25) is 11.8 Å². The van der Waals surface area contributed by atoms with Gasteiger partial charge in [-0.1, -0.05) is 18.2 Å². The van der Waals surface area contributed by atoms with E-state index in [1.165, 1.54) is 17.0 Å². The van der Waals surface area contributed by atoms with Crippen molar-refractivity contribution in [3.8, 4) is 11.5 Å². The van der Waals surface area contributed by atoms with Crippen LogP contribution in [0, 0.1) is 5.82 Å². The van der Waals surface area contributed by atoms with Gasteiger partial charge in [0.25, 0.3) is 11.8 Å². The molecule has 0 radical (unpaired) electrons. The van der Waals surface area contributed by atoms with Gasteiger partial charge in [0.15, 0.2) is 0 Å². The summed E-state index contributed by atoms with van der Waals surface area (Å²) in [6.07, 6.45) is 0.909. The lowest BCUT2D eigenvalue weighted by molar-refractivity contribution is 0.0651. The average molecular weight is 351 g/mol. The van der Waals surface area contributed by atoms with E-state index in [1.807, 2.05) is 0 Å². The molecule has 0 saturated heterocycles. The van der Waals surface area contributed by atoms with E-state index in [9.17, 15) is 14.0 Å². The Balaban J connectivity index is 1.39. The van der Waals surface area contributed by atoms with Gasteiger partial charge < -0.3 is 4.42 Å². The predicted octanol–water partition coefficient (Wildman–Crippen LogP) is 3.10. The van der Waals surface area contributed by atoms with Crippen LogP contribution >= 0.6 is 0 Å². The van der Waals surface area contributed by atoms with Crippen molar-refractivity contribution in [3.05, 3.63) is 71.4 Å². The number of aromatic nitrogens is 2. The number of hydrogen-bond donors (Lipinski definition) is 0. The Morgan fingerprint density at radius 1 is 0.962 bits per heavy atom. The van der Waals surface area contributed by atoms with E-state index in [4.69, 9.17) is 4.42 Å². The van der Waals surface area contributed by atoms with E-state index in [1.54, 1.807) is 36.4 Å². The molecular weight excluding hydrogens is 337 g/mol. The summed E-state index contributed by atoms with van der Waals surface area (Å²) in [7, 11) is 0. The molecule has 0 bridgehead atoms. The van der Waals surface area contributed by atoms with Crippen LogP contribution in [0.1, 0.15) is 33.0 Å². The Hall–Kier alpha value is -3.35. The normalized spacial score (nSPS) is 13.3. The number of nitrogens with zero attached hydrogens (tertiary/aromatic N) is 3. The molecule has 7 heteroatoms. The molecule has 2 aromatic carbocycles. The number of aryl methyl sites for hydroxylation is 1. The van der Waals surface area contributed by atoms with Crippen LogP contribution in [0.5, 0.6) is 0 Å². The molecule has 0 spiro atoms. The second-order valence-corrected chi connectivity index (χ2v) is 5.92. The summed E-state index contributed by atoms with van der Waals surface area (Å²) in [5.41, 5.74) is 1.37. The van der Waals surface area contributed by atoms with Crippen LogP contribution in [0.4, 0.5) is 4.39 Å². The molecule has 26 heavy (non-hydrogen) atoms. The molecule has 1 aliphatic heterocycles. The predicted molar refractivity (Wildman–Crippen MR) is 89.8 cm³/mol. The van der Waals surface area contributed by atoms with Crippen LogP contribution in [-0.4, -0.2) is 33.5 Å². The van der Waals surface area contributed by atoms with E-state index >= 15 is 0 Å². The van der Waals surface area contributed by atoms with Gasteiger partial charge in [0.05, 0.1) is 11.1 Å². The van der Waals surface area contributed by atoms with Crippen LogP contribution in [0.2, 0.25) is 0 Å². The lowest BCUT2D eigenvalue weighted by Gasteiger charge is -2.12. The quantitative estimate of drug-likeness (QED) is 0.660. The first kappa shape index (κ1) is 16.1. The number of halogens is 1. The summed E-state index contributed by atoms with van der Waals surface area (Å²) in [6.45, 7) is 0.268. The highest BCUT2D eigenvalue weighted by molar-refractivity contribution is 6.21. The SMILES string of the molecule is O=C1c2ccccc2C(=O)N1CCCc1nnc(-c2cccc(F)c2)o1. The van der Waals surface area contributed by atoms with Crippen molar-refractivity contribution < 1.29 is 18.4 Å². The van der Waals surface area contributed by atoms with Gasteiger partial charge in [-0.15, -0.1) is 10.2 Å². The maximum absolute atomic E-state index is 13.3. The standard InChI is InChI=1S/C19H14FN3O3/c20-13-6-3-5-12(11-13)17-22-21-16(26-17)9-4-10-23-18(24)14-7-1-2-8-15(14)19(23)25/h1-3,5-8,11H,4,9-10H2. The number of fused-ring (bicyclic) bond motifs is 1. The fourth-order valence-corrected chi connectivity index (χ4v) is 2.92. The Kier molecular flexibility index (Phi) is 4.04. The number of carbonyl (C=O) groups excluding carboxylic acids is 2. The van der Waals surface area contributed by atoms with Gasteiger partial charge in [0, 0.05) is 18.5 Å². The Morgan fingerprint density at radius 2 is 1.69 bits per heavy atom. The smallest absolute Gasteiger partial charge is 0.261 e. The third kappa shape index (κ3) is 2.88. The average Bonchev–Trinajstić information content (AvgIpc) is 3.21. The molecule has 0 saturated carbocycles. The van der Waals surface area contributed by atoms with Crippen LogP contribution in [-0.2, 0) is 6.42 Å². The monoisotopic (exact) mass is 351 g/mol. The minimum atomic E-state index is -0.382. The number of imide groups is 1. The Morgan fingerprint density at radius 3 is 2.38 bits per heavy atom. The summed E-state index contributed by atoms with van der Waals surface area (Å²) >= 11 is 0. The van der Waals surface area contributed by atoms with E-state index in [0.717, 1.165) is 0 Å². The van der Waals surface area contributed by atoms with E-state index < -0.39 is 0 Å². The molecule has 0 aliphatic carbocycles. The molecule has 2 amide bonds. The van der Waals surface area contributed by atoms with Crippen molar-refractivity contribution in [2.45, 2.75) is 12.8 Å². The molecule has 3 aromatic rings. The zero-order valence-corrected chi connectivity index (χ0v) is 13.7. The highest BCUT2D eigenvalue weighted by atomic mass is 19.1. The van der Waals surface area contributed by atoms with Crippen LogP contribution in [0.3, 0.4) is 0 Å². The Bertz CT molecular complexity index is 964. The summed E-state index contributed by atoms with van der Waals surface area (Å²) in [6, 6.07) is 12.7. The van der Waals surface area contributed by atoms with Crippen LogP contribution < -0.4 is 0 Å². The minimum absolute atomic E-state index is 0.236. The van der Waals surface area contributed by atoms with Gasteiger partial charge in [-0.05, 0) is 36.8 Å². The van der Waals surface area contributed by atoms with Crippen molar-refractivity contribution >= 4 is 11.8 Å². The van der Waals surface area contributed by atoms with Gasteiger partial charge in [-0.3, -0.25) is 14.5 Å². The number of carbonyl (C=O) groups is 2. The first-order valence-corrected chi connectivity index (χ1v) is 8.17. The van der Waals surface area contributed by atoms with Crippen molar-refractivity contribution in [1.82, 2.24) is 15.1 Å². The molecular formula is C19H14FN3O3. The lowest BCUT2D eigenvalue weighted by atomic mass is 10.1. The van der Waals surface area contributed by atoms with Crippen molar-refractivity contribution in [2.75, 3.05) is 6.54 Å². The molecule has 0 atom stereocenters. The van der Waals surface area contributed by atoms with Crippen molar-refractivity contribution in [1.29, 1.82) is 0 Å². The summed E-state index contributed by atoms with van der Waals surface area (Å²) < 4.78 is 18.8. The summed E-state index contributed by atoms with van der Waals surface area (Å²) in [4.78, 5) is 25.8. The van der Waals surface area contributed by atoms with Crippen molar-refractivity contribution in [2.24, 2.45) is 0 Å². The molecule has 0 fully saturated rings. The zero-order chi connectivity index (χ0) is 18.1. The third-order valence-corrected chi connectivity index (χ3v) is 4.19. The first-order valence-electron chi connectivity index (χ1n) is 8.17.